The predicted octanol–water partition coefficient (Wildman–Crippen LogP) is 1.65. The quantitative estimate of drug-likeness (QED) is 0.844. The molecule has 142 valence electrons. The molecule has 0 aromatic heterocycles. The van der Waals surface area contributed by atoms with Gasteiger partial charge in [0, 0.05) is 11.3 Å². The van der Waals surface area contributed by atoms with Crippen LogP contribution in [0.5, 0.6) is 0 Å². The highest BCUT2D eigenvalue weighted by Crippen LogP contribution is 2.27. The topological polar surface area (TPSA) is 63.1 Å². The molecule has 6 nitrogen and oxygen atoms in total. The van der Waals surface area contributed by atoms with Gasteiger partial charge in [-0.3, -0.25) is 9.69 Å². The Morgan fingerprint density at radius 3 is 2.41 bits per heavy atom. The molecule has 0 saturated carbocycles. The van der Waals surface area contributed by atoms with E-state index < -0.39 is 0 Å². The van der Waals surface area contributed by atoms with E-state index >= 15 is 0 Å². The normalized spacial score (nSPS) is 14.6. The van der Waals surface area contributed by atoms with E-state index in [2.05, 4.69) is 5.32 Å². The summed E-state index contributed by atoms with van der Waals surface area (Å²) < 4.78 is 5.03. The number of ether oxygens (including phenoxy) is 1. The van der Waals surface area contributed by atoms with Crippen molar-refractivity contribution in [2.75, 3.05) is 44.6 Å². The van der Waals surface area contributed by atoms with Gasteiger partial charge in [0.1, 0.15) is 0 Å². The highest BCUT2D eigenvalue weighted by atomic mass is 16.6. The lowest BCUT2D eigenvalue weighted by Gasteiger charge is -2.31. The van der Waals surface area contributed by atoms with Crippen molar-refractivity contribution in [3.63, 3.8) is 0 Å². The minimum Gasteiger partial charge on any atom is -0.450 e. The number of carbonyl (C=O) groups excluding carboxylic acids is 2. The van der Waals surface area contributed by atoms with Crippen molar-refractivity contribution in [1.29, 1.82) is 0 Å². The zero-order valence-electron chi connectivity index (χ0n) is 15.6. The molecule has 1 heterocycles. The molecule has 1 saturated heterocycles. The number of quaternary nitrogens is 1. The smallest absolute Gasteiger partial charge is 0.410 e. The number of rotatable bonds is 5. The summed E-state index contributed by atoms with van der Waals surface area (Å²) >= 11 is 0. The average molecular weight is 368 g/mol. The molecule has 0 aliphatic carbocycles. The number of amides is 2. The molecule has 6 heteroatoms. The molecule has 1 fully saturated rings. The number of carbonyl (C=O) groups is 2. The molecule has 2 aromatic carbocycles. The lowest BCUT2D eigenvalue weighted by molar-refractivity contribution is -0.895. The fourth-order valence-corrected chi connectivity index (χ4v) is 3.28. The molecule has 0 radical (unpaired) electrons. The second-order valence-electron chi connectivity index (χ2n) is 6.57. The van der Waals surface area contributed by atoms with Gasteiger partial charge in [-0.1, -0.05) is 48.5 Å². The molecule has 27 heavy (non-hydrogen) atoms. The van der Waals surface area contributed by atoms with Crippen molar-refractivity contribution in [2.45, 2.75) is 6.92 Å². The maximum absolute atomic E-state index is 12.5. The molecule has 3 rings (SSSR count). The number of para-hydroxylation sites is 1. The van der Waals surface area contributed by atoms with E-state index in [1.54, 1.807) is 11.8 Å². The first-order valence-electron chi connectivity index (χ1n) is 9.37. The van der Waals surface area contributed by atoms with Crippen molar-refractivity contribution in [1.82, 2.24) is 4.90 Å². The lowest BCUT2D eigenvalue weighted by Crippen LogP contribution is -3.15. The lowest BCUT2D eigenvalue weighted by atomic mass is 10.0. The number of piperazine rings is 1. The van der Waals surface area contributed by atoms with Crippen LogP contribution in [0.1, 0.15) is 6.92 Å². The molecule has 1 aliphatic heterocycles. The summed E-state index contributed by atoms with van der Waals surface area (Å²) in [5.74, 6) is -0.0158. The molecular weight excluding hydrogens is 342 g/mol. The number of nitrogens with zero attached hydrogens (tertiary/aromatic N) is 1. The number of hydrogen-bond acceptors (Lipinski definition) is 3. The summed E-state index contributed by atoms with van der Waals surface area (Å²) in [5.41, 5.74) is 2.90. The van der Waals surface area contributed by atoms with Crippen LogP contribution in [-0.4, -0.2) is 56.2 Å². The number of hydrogen-bond donors (Lipinski definition) is 2. The van der Waals surface area contributed by atoms with E-state index in [-0.39, 0.29) is 12.0 Å². The van der Waals surface area contributed by atoms with Gasteiger partial charge < -0.3 is 15.0 Å². The zero-order valence-corrected chi connectivity index (χ0v) is 15.6. The van der Waals surface area contributed by atoms with Gasteiger partial charge >= 0.3 is 6.09 Å². The average Bonchev–Trinajstić information content (AvgIpc) is 2.70. The largest absolute Gasteiger partial charge is 0.450 e. The highest BCUT2D eigenvalue weighted by Gasteiger charge is 2.26. The molecule has 2 N–H and O–H groups in total. The first-order chi connectivity index (χ1) is 13.2. The summed E-state index contributed by atoms with van der Waals surface area (Å²) in [4.78, 5) is 27.2. The Balaban J connectivity index is 1.56. The van der Waals surface area contributed by atoms with Crippen molar-refractivity contribution >= 4 is 17.7 Å². The molecule has 0 spiro atoms. The van der Waals surface area contributed by atoms with Crippen molar-refractivity contribution < 1.29 is 19.2 Å². The van der Waals surface area contributed by atoms with Crippen molar-refractivity contribution in [2.24, 2.45) is 0 Å². The number of anilines is 1. The zero-order chi connectivity index (χ0) is 19.1. The fraction of sp³-hybridized carbons (Fsp3) is 0.333. The van der Waals surface area contributed by atoms with Crippen LogP contribution in [0.15, 0.2) is 54.6 Å². The molecule has 2 aromatic rings. The predicted molar refractivity (Wildman–Crippen MR) is 105 cm³/mol. The number of nitrogens with one attached hydrogen (secondary N) is 2. The van der Waals surface area contributed by atoms with Crippen LogP contribution in [0.25, 0.3) is 11.1 Å². The maximum atomic E-state index is 12.5. The molecular formula is C21H26N3O3+. The Labute approximate surface area is 159 Å². The van der Waals surface area contributed by atoms with Gasteiger partial charge in [0.15, 0.2) is 6.54 Å². The van der Waals surface area contributed by atoms with Gasteiger partial charge in [-0.25, -0.2) is 4.79 Å². The Bertz CT molecular complexity index is 771. The third kappa shape index (κ3) is 5.08. The van der Waals surface area contributed by atoms with Gasteiger partial charge in [-0.15, -0.1) is 0 Å². The first kappa shape index (κ1) is 18.9. The summed E-state index contributed by atoms with van der Waals surface area (Å²) in [6.07, 6.45) is -0.266. The van der Waals surface area contributed by atoms with Crippen molar-refractivity contribution in [3.05, 3.63) is 54.6 Å². The third-order valence-electron chi connectivity index (χ3n) is 4.69. The molecule has 0 unspecified atom stereocenters. The van der Waals surface area contributed by atoms with Crippen molar-refractivity contribution in [3.8, 4) is 11.1 Å². The van der Waals surface area contributed by atoms with E-state index in [9.17, 15) is 9.59 Å². The summed E-state index contributed by atoms with van der Waals surface area (Å²) in [7, 11) is 0. The second-order valence-corrected chi connectivity index (χ2v) is 6.57. The monoisotopic (exact) mass is 368 g/mol. The minimum absolute atomic E-state index is 0.0158. The summed E-state index contributed by atoms with van der Waals surface area (Å²) in [6.45, 7) is 5.29. The Hall–Kier alpha value is -2.86. The highest BCUT2D eigenvalue weighted by molar-refractivity contribution is 5.96. The van der Waals surface area contributed by atoms with Crippen LogP contribution in [0.2, 0.25) is 0 Å². The molecule has 2 amide bonds. The maximum Gasteiger partial charge on any atom is 0.410 e. The molecule has 0 atom stereocenters. The Morgan fingerprint density at radius 1 is 1.04 bits per heavy atom. The third-order valence-corrected chi connectivity index (χ3v) is 4.69. The van der Waals surface area contributed by atoms with Crippen LogP contribution in [0.3, 0.4) is 0 Å². The van der Waals surface area contributed by atoms with E-state index in [4.69, 9.17) is 4.74 Å². The number of benzene rings is 2. The van der Waals surface area contributed by atoms with Crippen LogP contribution in [0.4, 0.5) is 10.5 Å². The van der Waals surface area contributed by atoms with E-state index in [0.717, 1.165) is 29.9 Å². The van der Waals surface area contributed by atoms with E-state index in [0.29, 0.717) is 26.2 Å². The standard InChI is InChI=1S/C21H25N3O3/c1-2-27-21(26)24-14-12-23(13-15-24)16-20(25)22-19-11-7-6-10-18(19)17-8-4-3-5-9-17/h3-11H,2,12-16H2,1H3,(H,22,25)/p+1. The van der Waals surface area contributed by atoms with Crippen LogP contribution >= 0.6 is 0 Å². The molecule has 1 aliphatic rings. The Morgan fingerprint density at radius 2 is 1.70 bits per heavy atom. The van der Waals surface area contributed by atoms with Crippen LogP contribution in [0, 0.1) is 0 Å². The Kier molecular flexibility index (Phi) is 6.44. The van der Waals surface area contributed by atoms with Crippen LogP contribution in [-0.2, 0) is 9.53 Å². The van der Waals surface area contributed by atoms with Crippen LogP contribution < -0.4 is 10.2 Å². The molecule has 0 bridgehead atoms. The second kappa shape index (κ2) is 9.19. The minimum atomic E-state index is -0.266. The van der Waals surface area contributed by atoms with Gasteiger partial charge in [0.25, 0.3) is 5.91 Å². The first-order valence-corrected chi connectivity index (χ1v) is 9.37. The fourth-order valence-electron chi connectivity index (χ4n) is 3.28. The van der Waals surface area contributed by atoms with Gasteiger partial charge in [-0.05, 0) is 18.6 Å². The van der Waals surface area contributed by atoms with Gasteiger partial charge in [0.05, 0.1) is 32.8 Å². The van der Waals surface area contributed by atoms with Gasteiger partial charge in [-0.2, -0.15) is 0 Å². The van der Waals surface area contributed by atoms with E-state index in [1.165, 1.54) is 4.90 Å². The summed E-state index contributed by atoms with van der Waals surface area (Å²) in [6, 6.07) is 17.8. The van der Waals surface area contributed by atoms with E-state index in [1.807, 2.05) is 54.6 Å². The SMILES string of the molecule is CCOC(=O)N1CC[NH+](CC(=O)Nc2ccccc2-c2ccccc2)CC1. The van der Waals surface area contributed by atoms with Gasteiger partial charge in [0.2, 0.25) is 0 Å². The summed E-state index contributed by atoms with van der Waals surface area (Å²) in [5, 5.41) is 3.05.